The largest absolute Gasteiger partial charge is 0.393 e. The molecule has 2 N–H and O–H groups in total. The van der Waals surface area contributed by atoms with Crippen molar-refractivity contribution in [2.45, 2.75) is 32.4 Å². The molecular formula is C11H17NO. The molecule has 0 aromatic heterocycles. The van der Waals surface area contributed by atoms with Crippen LogP contribution >= 0.6 is 0 Å². The monoisotopic (exact) mass is 179 g/mol. The molecule has 13 heavy (non-hydrogen) atoms. The lowest BCUT2D eigenvalue weighted by Crippen LogP contribution is -2.20. The molecular weight excluding hydrogens is 162 g/mol. The van der Waals surface area contributed by atoms with Gasteiger partial charge in [-0.3, -0.25) is 0 Å². The average molecular weight is 179 g/mol. The molecule has 72 valence electrons. The van der Waals surface area contributed by atoms with Crippen LogP contribution in [0.3, 0.4) is 0 Å². The summed E-state index contributed by atoms with van der Waals surface area (Å²) in [6, 6.07) is 10.3. The molecule has 2 heteroatoms. The summed E-state index contributed by atoms with van der Waals surface area (Å²) in [7, 11) is 0. The van der Waals surface area contributed by atoms with E-state index in [0.717, 1.165) is 12.1 Å². The molecule has 2 nitrogen and oxygen atoms in total. The Kier molecular flexibility index (Phi) is 3.77. The number of hydrogen-bond acceptors (Lipinski definition) is 2. The topological polar surface area (TPSA) is 32.3 Å². The maximum atomic E-state index is 9.16. The van der Waals surface area contributed by atoms with Gasteiger partial charge in [-0.2, -0.15) is 0 Å². The zero-order chi connectivity index (χ0) is 9.68. The van der Waals surface area contributed by atoms with Crippen LogP contribution in [0.4, 0.5) is 5.69 Å². The summed E-state index contributed by atoms with van der Waals surface area (Å²) >= 11 is 0. The number of rotatable bonds is 4. The highest BCUT2D eigenvalue weighted by atomic mass is 16.3. The third kappa shape index (κ3) is 3.95. The molecule has 0 amide bonds. The predicted octanol–water partition coefficient (Wildman–Crippen LogP) is 2.26. The molecule has 2 atom stereocenters. The van der Waals surface area contributed by atoms with Crippen molar-refractivity contribution in [3.63, 3.8) is 0 Å². The van der Waals surface area contributed by atoms with Crippen molar-refractivity contribution in [3.05, 3.63) is 30.3 Å². The van der Waals surface area contributed by atoms with Gasteiger partial charge in [0, 0.05) is 11.7 Å². The molecule has 0 aliphatic heterocycles. The number of hydrogen-bond donors (Lipinski definition) is 2. The highest BCUT2D eigenvalue weighted by molar-refractivity contribution is 5.43. The SMILES string of the molecule is C[C@H](C[C@@H](C)O)Nc1ccccc1. The van der Waals surface area contributed by atoms with Gasteiger partial charge in [-0.15, -0.1) is 0 Å². The first kappa shape index (κ1) is 10.1. The Balaban J connectivity index is 2.41. The minimum Gasteiger partial charge on any atom is -0.393 e. The number of nitrogens with one attached hydrogen (secondary N) is 1. The van der Waals surface area contributed by atoms with Crippen LogP contribution < -0.4 is 5.32 Å². The molecule has 0 aliphatic rings. The molecule has 0 aliphatic carbocycles. The van der Waals surface area contributed by atoms with Crippen molar-refractivity contribution in [3.8, 4) is 0 Å². The fraction of sp³-hybridized carbons (Fsp3) is 0.455. The minimum absolute atomic E-state index is 0.244. The fourth-order valence-corrected chi connectivity index (χ4v) is 1.39. The molecule has 1 aromatic carbocycles. The number of benzene rings is 1. The summed E-state index contributed by atoms with van der Waals surface area (Å²) in [4.78, 5) is 0. The summed E-state index contributed by atoms with van der Waals surface area (Å²) in [5.41, 5.74) is 1.11. The lowest BCUT2D eigenvalue weighted by Gasteiger charge is -2.16. The predicted molar refractivity (Wildman–Crippen MR) is 55.8 cm³/mol. The van der Waals surface area contributed by atoms with E-state index >= 15 is 0 Å². The Hall–Kier alpha value is -1.02. The fourth-order valence-electron chi connectivity index (χ4n) is 1.39. The maximum Gasteiger partial charge on any atom is 0.0531 e. The van der Waals surface area contributed by atoms with Gasteiger partial charge in [0.25, 0.3) is 0 Å². The van der Waals surface area contributed by atoms with Crippen molar-refractivity contribution >= 4 is 5.69 Å². The van der Waals surface area contributed by atoms with Gasteiger partial charge in [-0.05, 0) is 32.4 Å². The first-order valence-corrected chi connectivity index (χ1v) is 4.68. The van der Waals surface area contributed by atoms with Crippen LogP contribution in [-0.4, -0.2) is 17.3 Å². The van der Waals surface area contributed by atoms with Gasteiger partial charge in [-0.1, -0.05) is 18.2 Å². The first-order chi connectivity index (χ1) is 6.18. The average Bonchev–Trinajstić information content (AvgIpc) is 2.04. The van der Waals surface area contributed by atoms with Crippen molar-refractivity contribution in [2.24, 2.45) is 0 Å². The molecule has 1 aromatic rings. The highest BCUT2D eigenvalue weighted by Crippen LogP contribution is 2.09. The summed E-state index contributed by atoms with van der Waals surface area (Å²) in [6.45, 7) is 3.88. The summed E-state index contributed by atoms with van der Waals surface area (Å²) < 4.78 is 0. The minimum atomic E-state index is -0.244. The molecule has 0 fully saturated rings. The van der Waals surface area contributed by atoms with Crippen molar-refractivity contribution in [1.29, 1.82) is 0 Å². The van der Waals surface area contributed by atoms with E-state index in [2.05, 4.69) is 12.2 Å². The second-order valence-corrected chi connectivity index (χ2v) is 3.50. The molecule has 0 saturated carbocycles. The Morgan fingerprint density at radius 2 is 1.85 bits per heavy atom. The van der Waals surface area contributed by atoms with E-state index in [1.54, 1.807) is 0 Å². The van der Waals surface area contributed by atoms with Crippen molar-refractivity contribution in [1.82, 2.24) is 0 Å². The number of aliphatic hydroxyl groups excluding tert-OH is 1. The Morgan fingerprint density at radius 1 is 1.23 bits per heavy atom. The third-order valence-corrected chi connectivity index (χ3v) is 1.88. The highest BCUT2D eigenvalue weighted by Gasteiger charge is 2.04. The Bertz CT molecular complexity index is 233. The van der Waals surface area contributed by atoms with E-state index in [9.17, 15) is 0 Å². The third-order valence-electron chi connectivity index (χ3n) is 1.88. The van der Waals surface area contributed by atoms with Gasteiger partial charge in [0.05, 0.1) is 6.10 Å². The van der Waals surface area contributed by atoms with Crippen LogP contribution in [0.15, 0.2) is 30.3 Å². The molecule has 0 bridgehead atoms. The van der Waals surface area contributed by atoms with Gasteiger partial charge in [-0.25, -0.2) is 0 Å². The zero-order valence-corrected chi connectivity index (χ0v) is 8.20. The quantitative estimate of drug-likeness (QED) is 0.743. The number of anilines is 1. The second kappa shape index (κ2) is 4.87. The van der Waals surface area contributed by atoms with Gasteiger partial charge < -0.3 is 10.4 Å². The van der Waals surface area contributed by atoms with Gasteiger partial charge >= 0.3 is 0 Å². The van der Waals surface area contributed by atoms with E-state index < -0.39 is 0 Å². The van der Waals surface area contributed by atoms with Crippen molar-refractivity contribution in [2.75, 3.05) is 5.32 Å². The molecule has 0 spiro atoms. The van der Waals surface area contributed by atoms with Crippen LogP contribution in [0.2, 0.25) is 0 Å². The molecule has 0 unspecified atom stereocenters. The van der Waals surface area contributed by atoms with Crippen LogP contribution in [-0.2, 0) is 0 Å². The molecule has 0 heterocycles. The first-order valence-electron chi connectivity index (χ1n) is 4.68. The molecule has 0 saturated heterocycles. The maximum absolute atomic E-state index is 9.16. The lowest BCUT2D eigenvalue weighted by atomic mass is 10.1. The Morgan fingerprint density at radius 3 is 2.38 bits per heavy atom. The standard InChI is InChI=1S/C11H17NO/c1-9(8-10(2)13)12-11-6-4-3-5-7-11/h3-7,9-10,12-13H,8H2,1-2H3/t9-,10-/m1/s1. The van der Waals surface area contributed by atoms with Crippen LogP contribution in [0.1, 0.15) is 20.3 Å². The lowest BCUT2D eigenvalue weighted by molar-refractivity contribution is 0.179. The van der Waals surface area contributed by atoms with Crippen molar-refractivity contribution < 1.29 is 5.11 Å². The Labute approximate surface area is 79.6 Å². The summed E-state index contributed by atoms with van der Waals surface area (Å²) in [5.74, 6) is 0. The van der Waals surface area contributed by atoms with Crippen LogP contribution in [0.5, 0.6) is 0 Å². The molecule has 0 radical (unpaired) electrons. The van der Waals surface area contributed by atoms with Crippen LogP contribution in [0, 0.1) is 0 Å². The van der Waals surface area contributed by atoms with E-state index in [1.165, 1.54) is 0 Å². The van der Waals surface area contributed by atoms with Gasteiger partial charge in [0.1, 0.15) is 0 Å². The smallest absolute Gasteiger partial charge is 0.0531 e. The van der Waals surface area contributed by atoms with E-state index in [0.29, 0.717) is 6.04 Å². The number of para-hydroxylation sites is 1. The van der Waals surface area contributed by atoms with E-state index in [4.69, 9.17) is 5.11 Å². The van der Waals surface area contributed by atoms with Crippen LogP contribution in [0.25, 0.3) is 0 Å². The molecule has 1 rings (SSSR count). The normalized spacial score (nSPS) is 15.0. The number of aliphatic hydroxyl groups is 1. The van der Waals surface area contributed by atoms with E-state index in [-0.39, 0.29) is 6.10 Å². The van der Waals surface area contributed by atoms with E-state index in [1.807, 2.05) is 37.3 Å². The summed E-state index contributed by atoms with van der Waals surface area (Å²) in [5, 5.41) is 12.5. The van der Waals surface area contributed by atoms with Gasteiger partial charge in [0.15, 0.2) is 0 Å². The van der Waals surface area contributed by atoms with Gasteiger partial charge in [0.2, 0.25) is 0 Å². The second-order valence-electron chi connectivity index (χ2n) is 3.50. The summed E-state index contributed by atoms with van der Waals surface area (Å²) in [6.07, 6.45) is 0.528. The zero-order valence-electron chi connectivity index (χ0n) is 8.20.